The van der Waals surface area contributed by atoms with Crippen LogP contribution in [0, 0.1) is 0 Å². The summed E-state index contributed by atoms with van der Waals surface area (Å²) in [6.07, 6.45) is 2.81. The second kappa shape index (κ2) is 4.80. The van der Waals surface area contributed by atoms with Gasteiger partial charge in [-0.15, -0.1) is 0 Å². The molecule has 5 heteroatoms. The molecule has 5 nitrogen and oxygen atoms in total. The van der Waals surface area contributed by atoms with Gasteiger partial charge in [0.15, 0.2) is 0 Å². The SMILES string of the molecule is O=C(O)c1cnn(Cc2ccc(CO)cc2)c1. The second-order valence-corrected chi connectivity index (χ2v) is 3.71. The van der Waals surface area contributed by atoms with Gasteiger partial charge in [0, 0.05) is 6.20 Å². The first-order valence-electron chi connectivity index (χ1n) is 5.13. The fraction of sp³-hybridized carbons (Fsp3) is 0.167. The topological polar surface area (TPSA) is 75.3 Å². The van der Waals surface area contributed by atoms with Crippen molar-refractivity contribution in [2.24, 2.45) is 0 Å². The summed E-state index contributed by atoms with van der Waals surface area (Å²) in [6, 6.07) is 7.43. The van der Waals surface area contributed by atoms with E-state index in [1.165, 1.54) is 12.4 Å². The number of aliphatic hydroxyl groups excluding tert-OH is 1. The van der Waals surface area contributed by atoms with Crippen LogP contribution in [0.3, 0.4) is 0 Å². The monoisotopic (exact) mass is 232 g/mol. The molecule has 0 amide bonds. The van der Waals surface area contributed by atoms with Crippen LogP contribution in [-0.4, -0.2) is 26.0 Å². The maximum absolute atomic E-state index is 10.7. The van der Waals surface area contributed by atoms with Gasteiger partial charge in [-0.2, -0.15) is 5.10 Å². The van der Waals surface area contributed by atoms with Gasteiger partial charge >= 0.3 is 5.97 Å². The van der Waals surface area contributed by atoms with Crippen LogP contribution in [0.25, 0.3) is 0 Å². The molecule has 0 spiro atoms. The average molecular weight is 232 g/mol. The fourth-order valence-electron chi connectivity index (χ4n) is 1.50. The van der Waals surface area contributed by atoms with E-state index in [1.807, 2.05) is 24.3 Å². The lowest BCUT2D eigenvalue weighted by Crippen LogP contribution is -2.00. The van der Waals surface area contributed by atoms with Gasteiger partial charge in [-0.1, -0.05) is 24.3 Å². The number of rotatable bonds is 4. The summed E-state index contributed by atoms with van der Waals surface area (Å²) in [4.78, 5) is 10.7. The number of carbonyl (C=O) groups is 1. The zero-order valence-electron chi connectivity index (χ0n) is 9.08. The molecule has 0 bridgehead atoms. The zero-order chi connectivity index (χ0) is 12.3. The summed E-state index contributed by atoms with van der Waals surface area (Å²) in [5.41, 5.74) is 2.03. The van der Waals surface area contributed by atoms with E-state index in [1.54, 1.807) is 4.68 Å². The van der Waals surface area contributed by atoms with E-state index >= 15 is 0 Å². The van der Waals surface area contributed by atoms with Crippen molar-refractivity contribution in [3.05, 3.63) is 53.3 Å². The highest BCUT2D eigenvalue weighted by Gasteiger charge is 2.05. The first-order chi connectivity index (χ1) is 8.19. The summed E-state index contributed by atoms with van der Waals surface area (Å²) in [7, 11) is 0. The normalized spacial score (nSPS) is 10.4. The highest BCUT2D eigenvalue weighted by molar-refractivity contribution is 5.86. The van der Waals surface area contributed by atoms with Crippen LogP contribution in [-0.2, 0) is 13.2 Å². The van der Waals surface area contributed by atoms with Crippen molar-refractivity contribution in [2.45, 2.75) is 13.2 Å². The van der Waals surface area contributed by atoms with E-state index in [9.17, 15) is 4.79 Å². The standard InChI is InChI=1S/C12H12N2O3/c15-8-10-3-1-9(2-4-10)6-14-7-11(5-13-14)12(16)17/h1-5,7,15H,6,8H2,(H,16,17). The number of hydrogen-bond donors (Lipinski definition) is 2. The maximum atomic E-state index is 10.7. The van der Waals surface area contributed by atoms with E-state index < -0.39 is 5.97 Å². The molecule has 1 aromatic carbocycles. The Morgan fingerprint density at radius 1 is 1.24 bits per heavy atom. The lowest BCUT2D eigenvalue weighted by molar-refractivity contribution is 0.0697. The molecule has 0 saturated carbocycles. The molecule has 0 fully saturated rings. The third kappa shape index (κ3) is 2.70. The Balaban J connectivity index is 2.11. The minimum Gasteiger partial charge on any atom is -0.478 e. The molecule has 0 saturated heterocycles. The van der Waals surface area contributed by atoms with Crippen LogP contribution in [0.5, 0.6) is 0 Å². The van der Waals surface area contributed by atoms with Crippen LogP contribution in [0.2, 0.25) is 0 Å². The van der Waals surface area contributed by atoms with Gasteiger partial charge < -0.3 is 10.2 Å². The van der Waals surface area contributed by atoms with Gasteiger partial charge in [0.1, 0.15) is 0 Å². The first kappa shape index (κ1) is 11.3. The summed E-state index contributed by atoms with van der Waals surface area (Å²) >= 11 is 0. The molecule has 1 heterocycles. The lowest BCUT2D eigenvalue weighted by Gasteiger charge is -2.02. The van der Waals surface area contributed by atoms with Gasteiger partial charge in [-0.25, -0.2) is 4.79 Å². The molecule has 0 radical (unpaired) electrons. The Labute approximate surface area is 97.9 Å². The van der Waals surface area contributed by atoms with E-state index in [2.05, 4.69) is 5.10 Å². The average Bonchev–Trinajstić information content (AvgIpc) is 2.79. The van der Waals surface area contributed by atoms with Crippen LogP contribution < -0.4 is 0 Å². The number of benzene rings is 1. The van der Waals surface area contributed by atoms with Gasteiger partial charge in [0.2, 0.25) is 0 Å². The Morgan fingerprint density at radius 2 is 1.88 bits per heavy atom. The van der Waals surface area contributed by atoms with Crippen LogP contribution in [0.15, 0.2) is 36.7 Å². The van der Waals surface area contributed by atoms with Crippen LogP contribution in [0.4, 0.5) is 0 Å². The van der Waals surface area contributed by atoms with Gasteiger partial charge in [0.05, 0.1) is 24.9 Å². The minimum atomic E-state index is -0.980. The molecular formula is C12H12N2O3. The molecule has 0 atom stereocenters. The number of hydrogen-bond acceptors (Lipinski definition) is 3. The molecular weight excluding hydrogens is 220 g/mol. The number of aromatic carboxylic acids is 1. The third-order valence-corrected chi connectivity index (χ3v) is 2.43. The number of nitrogens with zero attached hydrogens (tertiary/aromatic N) is 2. The van der Waals surface area contributed by atoms with Crippen molar-refractivity contribution >= 4 is 5.97 Å². The molecule has 88 valence electrons. The van der Waals surface area contributed by atoms with Crippen molar-refractivity contribution in [2.75, 3.05) is 0 Å². The number of aliphatic hydroxyl groups is 1. The molecule has 0 aliphatic heterocycles. The molecule has 2 aromatic rings. The lowest BCUT2D eigenvalue weighted by atomic mass is 10.1. The molecule has 0 aliphatic carbocycles. The van der Waals surface area contributed by atoms with E-state index in [-0.39, 0.29) is 12.2 Å². The number of aromatic nitrogens is 2. The third-order valence-electron chi connectivity index (χ3n) is 2.43. The van der Waals surface area contributed by atoms with Gasteiger partial charge in [-0.05, 0) is 11.1 Å². The van der Waals surface area contributed by atoms with Crippen LogP contribution in [0.1, 0.15) is 21.5 Å². The summed E-state index contributed by atoms with van der Waals surface area (Å²) in [6.45, 7) is 0.532. The van der Waals surface area contributed by atoms with E-state index in [0.717, 1.165) is 11.1 Å². The minimum absolute atomic E-state index is 0.0191. The van der Waals surface area contributed by atoms with E-state index in [0.29, 0.717) is 6.54 Å². The predicted octanol–water partition coefficient (Wildman–Crippen LogP) is 1.12. The molecule has 1 aromatic heterocycles. The quantitative estimate of drug-likeness (QED) is 0.828. The fourth-order valence-corrected chi connectivity index (χ4v) is 1.50. The Bertz CT molecular complexity index is 517. The first-order valence-corrected chi connectivity index (χ1v) is 5.13. The Hall–Kier alpha value is -2.14. The van der Waals surface area contributed by atoms with Crippen LogP contribution >= 0.6 is 0 Å². The van der Waals surface area contributed by atoms with Gasteiger partial charge in [0.25, 0.3) is 0 Å². The maximum Gasteiger partial charge on any atom is 0.338 e. The molecule has 0 unspecified atom stereocenters. The number of carboxylic acid groups (broad SMARTS) is 1. The van der Waals surface area contributed by atoms with Crippen molar-refractivity contribution in [3.8, 4) is 0 Å². The van der Waals surface area contributed by atoms with Crippen molar-refractivity contribution in [1.82, 2.24) is 9.78 Å². The second-order valence-electron chi connectivity index (χ2n) is 3.71. The van der Waals surface area contributed by atoms with Gasteiger partial charge in [-0.3, -0.25) is 4.68 Å². The molecule has 17 heavy (non-hydrogen) atoms. The summed E-state index contributed by atoms with van der Waals surface area (Å²) in [5, 5.41) is 21.6. The van der Waals surface area contributed by atoms with E-state index in [4.69, 9.17) is 10.2 Å². The highest BCUT2D eigenvalue weighted by Crippen LogP contribution is 2.07. The Kier molecular flexibility index (Phi) is 3.20. The Morgan fingerprint density at radius 3 is 2.41 bits per heavy atom. The molecule has 2 rings (SSSR count). The molecule has 2 N–H and O–H groups in total. The summed E-state index contributed by atoms with van der Waals surface area (Å²) < 4.78 is 1.57. The van der Waals surface area contributed by atoms with Crippen molar-refractivity contribution in [3.63, 3.8) is 0 Å². The summed E-state index contributed by atoms with van der Waals surface area (Å²) in [5.74, 6) is -0.980. The zero-order valence-corrected chi connectivity index (χ0v) is 9.08. The number of carboxylic acids is 1. The van der Waals surface area contributed by atoms with Crippen molar-refractivity contribution < 1.29 is 15.0 Å². The highest BCUT2D eigenvalue weighted by atomic mass is 16.4. The van der Waals surface area contributed by atoms with Crippen molar-refractivity contribution in [1.29, 1.82) is 0 Å². The largest absolute Gasteiger partial charge is 0.478 e. The smallest absolute Gasteiger partial charge is 0.338 e. The predicted molar refractivity (Wildman–Crippen MR) is 60.7 cm³/mol. The molecule has 0 aliphatic rings.